The van der Waals surface area contributed by atoms with Crippen molar-refractivity contribution in [3.8, 4) is 0 Å². The van der Waals surface area contributed by atoms with Crippen molar-refractivity contribution in [2.24, 2.45) is 0 Å². The standard InChI is InChI=1S/C16H27NS/c1-5-6-7-8-13(2)17-14(3)15-9-11-16(18-4)12-10-15/h9-14,17H,5-8H2,1-4H3. The monoisotopic (exact) mass is 265 g/mol. The van der Waals surface area contributed by atoms with Gasteiger partial charge in [-0.2, -0.15) is 0 Å². The third kappa shape index (κ3) is 5.45. The lowest BCUT2D eigenvalue weighted by Crippen LogP contribution is -2.28. The summed E-state index contributed by atoms with van der Waals surface area (Å²) in [7, 11) is 0. The minimum Gasteiger partial charge on any atom is -0.308 e. The number of rotatable bonds is 8. The number of nitrogens with one attached hydrogen (secondary N) is 1. The Bertz CT molecular complexity index is 320. The lowest BCUT2D eigenvalue weighted by molar-refractivity contribution is 0.440. The largest absolute Gasteiger partial charge is 0.308 e. The molecule has 1 aromatic carbocycles. The molecule has 1 nitrogen and oxygen atoms in total. The van der Waals surface area contributed by atoms with Gasteiger partial charge in [0.15, 0.2) is 0 Å². The summed E-state index contributed by atoms with van der Waals surface area (Å²) in [5.74, 6) is 0. The van der Waals surface area contributed by atoms with Gasteiger partial charge >= 0.3 is 0 Å². The second-order valence-electron chi connectivity index (χ2n) is 5.06. The van der Waals surface area contributed by atoms with Crippen LogP contribution in [0.5, 0.6) is 0 Å². The first-order valence-corrected chi connectivity index (χ1v) is 8.29. The molecule has 0 saturated heterocycles. The van der Waals surface area contributed by atoms with Gasteiger partial charge in [0.1, 0.15) is 0 Å². The van der Waals surface area contributed by atoms with Crippen LogP contribution in [0, 0.1) is 0 Å². The normalized spacial score (nSPS) is 14.4. The fraction of sp³-hybridized carbons (Fsp3) is 0.625. The topological polar surface area (TPSA) is 12.0 Å². The molecule has 0 heterocycles. The van der Waals surface area contributed by atoms with E-state index in [2.05, 4.69) is 56.6 Å². The molecule has 0 radical (unpaired) electrons. The van der Waals surface area contributed by atoms with Gasteiger partial charge in [0.25, 0.3) is 0 Å². The number of unbranched alkanes of at least 4 members (excludes halogenated alkanes) is 2. The lowest BCUT2D eigenvalue weighted by Gasteiger charge is -2.20. The van der Waals surface area contributed by atoms with Gasteiger partial charge in [-0.15, -0.1) is 11.8 Å². The molecular formula is C16H27NS. The zero-order valence-electron chi connectivity index (χ0n) is 12.2. The number of thioether (sulfide) groups is 1. The molecule has 0 bridgehead atoms. The minimum atomic E-state index is 0.442. The maximum atomic E-state index is 3.69. The summed E-state index contributed by atoms with van der Waals surface area (Å²) in [5.41, 5.74) is 1.38. The van der Waals surface area contributed by atoms with Crippen molar-refractivity contribution in [3.05, 3.63) is 29.8 Å². The molecule has 0 spiro atoms. The van der Waals surface area contributed by atoms with Gasteiger partial charge in [-0.1, -0.05) is 38.3 Å². The van der Waals surface area contributed by atoms with Gasteiger partial charge < -0.3 is 5.32 Å². The molecule has 0 aliphatic carbocycles. The van der Waals surface area contributed by atoms with Crippen molar-refractivity contribution in [2.45, 2.75) is 63.4 Å². The fourth-order valence-corrected chi connectivity index (χ4v) is 2.61. The van der Waals surface area contributed by atoms with Crippen LogP contribution >= 0.6 is 11.8 Å². The van der Waals surface area contributed by atoms with E-state index in [1.54, 1.807) is 11.8 Å². The zero-order valence-corrected chi connectivity index (χ0v) is 13.0. The summed E-state index contributed by atoms with van der Waals surface area (Å²) in [5, 5.41) is 3.69. The zero-order chi connectivity index (χ0) is 13.4. The highest BCUT2D eigenvalue weighted by Crippen LogP contribution is 2.19. The third-order valence-electron chi connectivity index (χ3n) is 3.39. The summed E-state index contributed by atoms with van der Waals surface area (Å²) in [6, 6.07) is 9.94. The fourth-order valence-electron chi connectivity index (χ4n) is 2.20. The van der Waals surface area contributed by atoms with Crippen molar-refractivity contribution >= 4 is 11.8 Å². The van der Waals surface area contributed by atoms with Crippen molar-refractivity contribution in [1.82, 2.24) is 5.32 Å². The van der Waals surface area contributed by atoms with Crippen molar-refractivity contribution in [2.75, 3.05) is 6.26 Å². The smallest absolute Gasteiger partial charge is 0.0294 e. The van der Waals surface area contributed by atoms with Crippen LogP contribution in [-0.2, 0) is 0 Å². The van der Waals surface area contributed by atoms with E-state index in [1.165, 1.54) is 36.1 Å². The minimum absolute atomic E-state index is 0.442. The second kappa shape index (κ2) is 8.60. The van der Waals surface area contributed by atoms with Gasteiger partial charge in [0.05, 0.1) is 0 Å². The van der Waals surface area contributed by atoms with Crippen molar-refractivity contribution < 1.29 is 0 Å². The Morgan fingerprint density at radius 2 is 1.78 bits per heavy atom. The molecule has 0 fully saturated rings. The van der Waals surface area contributed by atoms with Gasteiger partial charge in [-0.05, 0) is 44.2 Å². The van der Waals surface area contributed by atoms with E-state index in [9.17, 15) is 0 Å². The Kier molecular flexibility index (Phi) is 7.45. The molecule has 2 atom stereocenters. The Labute approximate surface area is 117 Å². The van der Waals surface area contributed by atoms with E-state index in [0.717, 1.165) is 0 Å². The van der Waals surface area contributed by atoms with Crippen molar-refractivity contribution in [3.63, 3.8) is 0 Å². The van der Waals surface area contributed by atoms with Crippen LogP contribution in [0.3, 0.4) is 0 Å². The van der Waals surface area contributed by atoms with Gasteiger partial charge in [0, 0.05) is 17.0 Å². The van der Waals surface area contributed by atoms with E-state index in [-0.39, 0.29) is 0 Å². The molecular weight excluding hydrogens is 238 g/mol. The van der Waals surface area contributed by atoms with Crippen LogP contribution < -0.4 is 5.32 Å². The molecule has 0 aliphatic rings. The number of hydrogen-bond donors (Lipinski definition) is 1. The number of benzene rings is 1. The van der Waals surface area contributed by atoms with Gasteiger partial charge in [-0.25, -0.2) is 0 Å². The average Bonchev–Trinajstić information content (AvgIpc) is 2.39. The van der Waals surface area contributed by atoms with E-state index in [0.29, 0.717) is 12.1 Å². The maximum Gasteiger partial charge on any atom is 0.0294 e. The molecule has 1 rings (SSSR count). The summed E-state index contributed by atoms with van der Waals surface area (Å²) in [6.07, 6.45) is 7.39. The van der Waals surface area contributed by atoms with Crippen LogP contribution in [0.1, 0.15) is 58.1 Å². The van der Waals surface area contributed by atoms with Crippen LogP contribution in [0.15, 0.2) is 29.2 Å². The second-order valence-corrected chi connectivity index (χ2v) is 5.94. The molecule has 0 amide bonds. The van der Waals surface area contributed by atoms with Gasteiger partial charge in [-0.3, -0.25) is 0 Å². The first-order chi connectivity index (χ1) is 8.67. The Morgan fingerprint density at radius 1 is 1.11 bits per heavy atom. The van der Waals surface area contributed by atoms with E-state index in [1.807, 2.05) is 0 Å². The van der Waals surface area contributed by atoms with Crippen LogP contribution in [0.2, 0.25) is 0 Å². The molecule has 102 valence electrons. The molecule has 0 aromatic heterocycles. The summed E-state index contributed by atoms with van der Waals surface area (Å²) in [4.78, 5) is 1.34. The average molecular weight is 265 g/mol. The van der Waals surface area contributed by atoms with Crippen LogP contribution in [0.25, 0.3) is 0 Å². The molecule has 18 heavy (non-hydrogen) atoms. The van der Waals surface area contributed by atoms with E-state index >= 15 is 0 Å². The quantitative estimate of drug-likeness (QED) is 0.523. The first kappa shape index (κ1) is 15.6. The molecule has 0 aliphatic heterocycles. The highest BCUT2D eigenvalue weighted by Gasteiger charge is 2.08. The van der Waals surface area contributed by atoms with E-state index in [4.69, 9.17) is 0 Å². The first-order valence-electron chi connectivity index (χ1n) is 7.07. The highest BCUT2D eigenvalue weighted by atomic mass is 32.2. The molecule has 1 N–H and O–H groups in total. The number of hydrogen-bond acceptors (Lipinski definition) is 2. The Balaban J connectivity index is 2.40. The highest BCUT2D eigenvalue weighted by molar-refractivity contribution is 7.98. The summed E-state index contributed by atoms with van der Waals surface area (Å²) in [6.45, 7) is 6.81. The predicted molar refractivity (Wildman–Crippen MR) is 83.4 cm³/mol. The van der Waals surface area contributed by atoms with E-state index < -0.39 is 0 Å². The molecule has 2 unspecified atom stereocenters. The Hall–Kier alpha value is -0.470. The van der Waals surface area contributed by atoms with Crippen LogP contribution in [0.4, 0.5) is 0 Å². The molecule has 2 heteroatoms. The molecule has 1 aromatic rings. The maximum absolute atomic E-state index is 3.69. The lowest BCUT2D eigenvalue weighted by atomic mass is 10.1. The van der Waals surface area contributed by atoms with Crippen molar-refractivity contribution in [1.29, 1.82) is 0 Å². The summed E-state index contributed by atoms with van der Waals surface area (Å²) >= 11 is 1.80. The van der Waals surface area contributed by atoms with Crippen LogP contribution in [-0.4, -0.2) is 12.3 Å². The third-order valence-corrected chi connectivity index (χ3v) is 4.13. The summed E-state index contributed by atoms with van der Waals surface area (Å²) < 4.78 is 0. The molecule has 0 saturated carbocycles. The predicted octanol–water partition coefficient (Wildman–Crippen LogP) is 5.03. The SMILES string of the molecule is CCCCCC(C)NC(C)c1ccc(SC)cc1. The Morgan fingerprint density at radius 3 is 2.33 bits per heavy atom. The van der Waals surface area contributed by atoms with Gasteiger partial charge in [0.2, 0.25) is 0 Å².